The molecule has 1 rings (SSSR count). The Labute approximate surface area is 251 Å². The summed E-state index contributed by atoms with van der Waals surface area (Å²) in [5.74, 6) is 0.741. The minimum Gasteiger partial charge on any atom is -0.494 e. The van der Waals surface area contributed by atoms with Crippen LogP contribution < -0.4 is 4.74 Å². The first-order chi connectivity index (χ1) is 19.6. The van der Waals surface area contributed by atoms with Crippen LogP contribution in [0.5, 0.6) is 5.75 Å². The number of benzene rings is 1. The van der Waals surface area contributed by atoms with Crippen molar-refractivity contribution in [3.63, 3.8) is 0 Å². The predicted octanol–water partition coefficient (Wildman–Crippen LogP) is 8.52. The Balaban J connectivity index is 2.48. The molecule has 0 saturated carbocycles. The molecular weight excluding hydrogens is 537 g/mol. The van der Waals surface area contributed by atoms with Crippen LogP contribution in [0.15, 0.2) is 24.3 Å². The maximum atomic E-state index is 12.5. The minimum atomic E-state index is -4.20. The lowest BCUT2D eigenvalue weighted by atomic mass is 9.94. The number of ketones is 1. The summed E-state index contributed by atoms with van der Waals surface area (Å²) in [5, 5.41) is 0. The zero-order chi connectivity index (χ0) is 30.4. The molecule has 0 aliphatic rings. The highest BCUT2D eigenvalue weighted by Crippen LogP contribution is 2.44. The van der Waals surface area contributed by atoms with Crippen LogP contribution in [0.1, 0.15) is 116 Å². The number of nitrogens with zero attached hydrogens (tertiary/aromatic N) is 1. The monoisotopic (exact) mass is 598 g/mol. The van der Waals surface area contributed by atoms with Crippen LogP contribution in [0.25, 0.3) is 0 Å². The molecule has 41 heavy (non-hydrogen) atoms. The van der Waals surface area contributed by atoms with Gasteiger partial charge in [-0.25, -0.2) is 4.57 Å². The minimum absolute atomic E-state index is 0.0148. The van der Waals surface area contributed by atoms with Gasteiger partial charge in [0.2, 0.25) is 0 Å². The molecule has 1 aromatic carbocycles. The van der Waals surface area contributed by atoms with Gasteiger partial charge < -0.3 is 14.1 Å². The van der Waals surface area contributed by atoms with Gasteiger partial charge in [0, 0.05) is 12.8 Å². The van der Waals surface area contributed by atoms with Crippen LogP contribution in [-0.4, -0.2) is 62.2 Å². The number of Topliss-reactive ketones (excluding diaryl/α,β-unsaturated/α-hetero) is 1. The van der Waals surface area contributed by atoms with Crippen LogP contribution in [-0.2, 0) is 24.8 Å². The maximum absolute atomic E-state index is 12.5. The van der Waals surface area contributed by atoms with Gasteiger partial charge in [-0.15, -0.1) is 0 Å². The fourth-order valence-corrected chi connectivity index (χ4v) is 5.53. The van der Waals surface area contributed by atoms with Gasteiger partial charge in [0.05, 0.1) is 33.9 Å². The van der Waals surface area contributed by atoms with Crippen molar-refractivity contribution in [1.82, 2.24) is 0 Å². The number of ether oxygens (including phenoxy) is 1. The summed E-state index contributed by atoms with van der Waals surface area (Å²) in [6, 6.07) is 7.94. The molecule has 0 saturated heterocycles. The van der Waals surface area contributed by atoms with Crippen LogP contribution in [0, 0.1) is 5.92 Å². The Morgan fingerprint density at radius 1 is 0.878 bits per heavy atom. The first kappa shape index (κ1) is 37.8. The third-order valence-corrected chi connectivity index (χ3v) is 8.75. The van der Waals surface area contributed by atoms with Gasteiger partial charge in [-0.1, -0.05) is 90.2 Å². The second-order valence-electron chi connectivity index (χ2n) is 12.2. The lowest BCUT2D eigenvalue weighted by Gasteiger charge is -2.28. The summed E-state index contributed by atoms with van der Waals surface area (Å²) in [7, 11) is -0.120. The van der Waals surface area contributed by atoms with Crippen molar-refractivity contribution in [1.29, 1.82) is 0 Å². The van der Waals surface area contributed by atoms with Gasteiger partial charge in [-0.05, 0) is 49.8 Å². The molecule has 0 aromatic heterocycles. The predicted molar refractivity (Wildman–Crippen MR) is 169 cm³/mol. The SMILES string of the molecule is CCCCCCCCCCCCCOc1cccc(CC(COP(=O)(O)OCC[N+](C)(C)CC)CC(=O)CCC)c1. The molecule has 8 heteroatoms. The summed E-state index contributed by atoms with van der Waals surface area (Å²) in [4.78, 5) is 22.7. The van der Waals surface area contributed by atoms with Crippen molar-refractivity contribution in [2.24, 2.45) is 5.92 Å². The third kappa shape index (κ3) is 20.3. The van der Waals surface area contributed by atoms with Gasteiger partial charge in [-0.2, -0.15) is 0 Å². The number of phosphoric ester groups is 1. The molecule has 0 spiro atoms. The number of unbranched alkanes of at least 4 members (excludes halogenated alkanes) is 10. The molecular formula is C33H61NO6P+. The smallest absolute Gasteiger partial charge is 0.472 e. The Morgan fingerprint density at radius 3 is 2.12 bits per heavy atom. The van der Waals surface area contributed by atoms with E-state index in [1.807, 2.05) is 45.3 Å². The Hall–Kier alpha value is -1.24. The van der Waals surface area contributed by atoms with Crippen molar-refractivity contribution in [3.05, 3.63) is 29.8 Å². The second kappa shape index (κ2) is 22.3. The van der Waals surface area contributed by atoms with Gasteiger partial charge in [-0.3, -0.25) is 13.8 Å². The van der Waals surface area contributed by atoms with E-state index in [4.69, 9.17) is 13.8 Å². The maximum Gasteiger partial charge on any atom is 0.472 e. The molecule has 0 amide bonds. The van der Waals surface area contributed by atoms with Crippen LogP contribution in [0.3, 0.4) is 0 Å². The summed E-state index contributed by atoms with van der Waals surface area (Å²) in [6.07, 6.45) is 16.5. The van der Waals surface area contributed by atoms with E-state index in [1.165, 1.54) is 64.2 Å². The number of hydrogen-bond donors (Lipinski definition) is 1. The lowest BCUT2D eigenvalue weighted by molar-refractivity contribution is -0.888. The van der Waals surface area contributed by atoms with Crippen LogP contribution >= 0.6 is 7.82 Å². The summed E-state index contributed by atoms with van der Waals surface area (Å²) < 4.78 is 29.8. The highest BCUT2D eigenvalue weighted by molar-refractivity contribution is 7.47. The normalized spacial score (nSPS) is 14.1. The molecule has 1 aromatic rings. The van der Waals surface area contributed by atoms with E-state index in [2.05, 4.69) is 13.8 Å². The van der Waals surface area contributed by atoms with E-state index in [0.717, 1.165) is 30.7 Å². The average molecular weight is 599 g/mol. The van der Waals surface area contributed by atoms with Crippen LogP contribution in [0.4, 0.5) is 0 Å². The Bertz CT molecular complexity index is 862. The number of quaternary nitrogens is 1. The lowest BCUT2D eigenvalue weighted by Crippen LogP contribution is -2.41. The zero-order valence-electron chi connectivity index (χ0n) is 26.9. The van der Waals surface area contributed by atoms with Crippen molar-refractivity contribution in [3.8, 4) is 5.75 Å². The summed E-state index contributed by atoms with van der Waals surface area (Å²) in [6.45, 7) is 8.61. The van der Waals surface area contributed by atoms with Crippen molar-refractivity contribution in [2.75, 3.05) is 47.0 Å². The summed E-state index contributed by atoms with van der Waals surface area (Å²) >= 11 is 0. The van der Waals surface area contributed by atoms with E-state index in [0.29, 0.717) is 36.9 Å². The Morgan fingerprint density at radius 2 is 1.51 bits per heavy atom. The van der Waals surface area contributed by atoms with E-state index in [9.17, 15) is 14.3 Å². The number of carbonyl (C=O) groups excluding carboxylic acids is 1. The molecule has 2 atom stereocenters. The standard InChI is InChI=1S/C33H60NO6P/c1-6-9-10-11-12-13-14-15-16-17-18-24-38-33-22-19-21-30(28-33)26-31(27-32(35)20-7-2)29-40-41(36,37)39-25-23-34(4,5)8-3/h19,21-22,28,31H,6-18,20,23-27,29H2,1-5H3/p+1. The molecule has 1 N–H and O–H groups in total. The first-order valence-corrected chi connectivity index (χ1v) is 17.8. The van der Waals surface area contributed by atoms with Crippen molar-refractivity contribution in [2.45, 2.75) is 117 Å². The van der Waals surface area contributed by atoms with Gasteiger partial charge >= 0.3 is 7.82 Å². The Kier molecular flexibility index (Phi) is 20.6. The molecule has 0 fully saturated rings. The molecule has 0 aliphatic carbocycles. The van der Waals surface area contributed by atoms with E-state index >= 15 is 0 Å². The fourth-order valence-electron chi connectivity index (χ4n) is 4.74. The second-order valence-corrected chi connectivity index (χ2v) is 13.6. The van der Waals surface area contributed by atoms with Gasteiger partial charge in [0.1, 0.15) is 24.7 Å². The average Bonchev–Trinajstić information content (AvgIpc) is 2.92. The quantitative estimate of drug-likeness (QED) is 0.0621. The largest absolute Gasteiger partial charge is 0.494 e. The highest BCUT2D eigenvalue weighted by Gasteiger charge is 2.26. The molecule has 7 nitrogen and oxygen atoms in total. The number of hydrogen-bond acceptors (Lipinski definition) is 5. The molecule has 0 aliphatic heterocycles. The number of carbonyl (C=O) groups is 1. The number of rotatable bonds is 27. The van der Waals surface area contributed by atoms with E-state index in [-0.39, 0.29) is 24.9 Å². The van der Waals surface area contributed by atoms with Crippen molar-refractivity contribution >= 4 is 13.6 Å². The van der Waals surface area contributed by atoms with Crippen molar-refractivity contribution < 1.29 is 32.5 Å². The molecule has 238 valence electrons. The zero-order valence-corrected chi connectivity index (χ0v) is 27.8. The van der Waals surface area contributed by atoms with E-state index in [1.54, 1.807) is 0 Å². The topological polar surface area (TPSA) is 82.1 Å². The molecule has 2 unspecified atom stereocenters. The fraction of sp³-hybridized carbons (Fsp3) is 0.788. The highest BCUT2D eigenvalue weighted by atomic mass is 31.2. The molecule has 0 heterocycles. The molecule has 0 radical (unpaired) electrons. The number of likely N-dealkylation sites (N-methyl/N-ethyl adjacent to an activating group) is 1. The first-order valence-electron chi connectivity index (χ1n) is 16.3. The number of phosphoric acid groups is 1. The van der Waals surface area contributed by atoms with Crippen LogP contribution in [0.2, 0.25) is 0 Å². The third-order valence-electron chi connectivity index (χ3n) is 7.77. The summed E-state index contributed by atoms with van der Waals surface area (Å²) in [5.41, 5.74) is 1.02. The van der Waals surface area contributed by atoms with E-state index < -0.39 is 7.82 Å². The molecule has 0 bridgehead atoms. The van der Waals surface area contributed by atoms with Gasteiger partial charge in [0.15, 0.2) is 0 Å². The van der Waals surface area contributed by atoms with Gasteiger partial charge in [0.25, 0.3) is 0 Å².